The van der Waals surface area contributed by atoms with Crippen molar-refractivity contribution in [2.75, 3.05) is 16.8 Å². The van der Waals surface area contributed by atoms with E-state index in [-0.39, 0.29) is 0 Å². The van der Waals surface area contributed by atoms with Crippen LogP contribution in [0.3, 0.4) is 0 Å². The lowest BCUT2D eigenvalue weighted by molar-refractivity contribution is 0.687. The van der Waals surface area contributed by atoms with Gasteiger partial charge in [0.1, 0.15) is 0 Å². The summed E-state index contributed by atoms with van der Waals surface area (Å²) in [6, 6.07) is 11.0. The van der Waals surface area contributed by atoms with Gasteiger partial charge in [-0.1, -0.05) is 30.3 Å². The van der Waals surface area contributed by atoms with Crippen LogP contribution in [0.15, 0.2) is 42.7 Å². The van der Waals surface area contributed by atoms with Crippen LogP contribution in [0.5, 0.6) is 0 Å². The second-order valence-electron chi connectivity index (χ2n) is 4.29. The first-order valence-corrected chi connectivity index (χ1v) is 6.96. The van der Waals surface area contributed by atoms with Crippen molar-refractivity contribution in [1.29, 1.82) is 0 Å². The molecule has 0 amide bonds. The maximum absolute atomic E-state index is 4.37. The van der Waals surface area contributed by atoms with Crippen molar-refractivity contribution in [3.63, 3.8) is 0 Å². The molecule has 2 aromatic rings. The first-order valence-electron chi connectivity index (χ1n) is 5.81. The van der Waals surface area contributed by atoms with E-state index in [1.165, 1.54) is 17.1 Å². The van der Waals surface area contributed by atoms with E-state index in [0.717, 1.165) is 12.2 Å². The highest BCUT2D eigenvalue weighted by Gasteiger charge is 2.17. The van der Waals surface area contributed by atoms with Crippen LogP contribution < -0.4 is 5.32 Å². The van der Waals surface area contributed by atoms with Crippen molar-refractivity contribution < 1.29 is 0 Å². The number of thioether (sulfide) groups is 1. The molecule has 2 heterocycles. The maximum atomic E-state index is 4.37. The molecule has 1 fully saturated rings. The number of hydrogen-bond acceptors (Lipinski definition) is 3. The number of anilines is 1. The third kappa shape index (κ3) is 2.64. The third-order valence-electron chi connectivity index (χ3n) is 2.83. The Kier molecular flexibility index (Phi) is 3.05. The van der Waals surface area contributed by atoms with Gasteiger partial charge < -0.3 is 5.32 Å². The Morgan fingerprint density at radius 3 is 2.82 bits per heavy atom. The van der Waals surface area contributed by atoms with Crippen LogP contribution in [0, 0.1) is 0 Å². The van der Waals surface area contributed by atoms with E-state index >= 15 is 0 Å². The molecule has 88 valence electrons. The van der Waals surface area contributed by atoms with Gasteiger partial charge in [0.05, 0.1) is 18.4 Å². The summed E-state index contributed by atoms with van der Waals surface area (Å²) in [7, 11) is 0. The molecule has 3 nitrogen and oxygen atoms in total. The highest BCUT2D eigenvalue weighted by molar-refractivity contribution is 8.00. The summed E-state index contributed by atoms with van der Waals surface area (Å²) in [4.78, 5) is 0. The lowest BCUT2D eigenvalue weighted by Gasteiger charge is -2.25. The minimum Gasteiger partial charge on any atom is -0.378 e. The Labute approximate surface area is 105 Å². The average Bonchev–Trinajstić information content (AvgIpc) is 2.73. The van der Waals surface area contributed by atoms with Crippen molar-refractivity contribution in [3.8, 4) is 0 Å². The summed E-state index contributed by atoms with van der Waals surface area (Å²) in [6.07, 6.45) is 3.99. The number of aromatic nitrogens is 2. The fraction of sp³-hybridized carbons (Fsp3) is 0.308. The monoisotopic (exact) mass is 245 g/mol. The van der Waals surface area contributed by atoms with Gasteiger partial charge in [-0.15, -0.1) is 0 Å². The summed E-state index contributed by atoms with van der Waals surface area (Å²) < 4.78 is 1.98. The fourth-order valence-electron chi connectivity index (χ4n) is 1.85. The van der Waals surface area contributed by atoms with Crippen molar-refractivity contribution >= 4 is 17.4 Å². The summed E-state index contributed by atoms with van der Waals surface area (Å²) in [6.45, 7) is 0.835. The lowest BCUT2D eigenvalue weighted by Crippen LogP contribution is -2.32. The normalized spacial score (nSPS) is 15.5. The predicted molar refractivity (Wildman–Crippen MR) is 72.5 cm³/mol. The summed E-state index contributed by atoms with van der Waals surface area (Å²) >= 11 is 1.98. The smallest absolute Gasteiger partial charge is 0.0729 e. The molecule has 0 aliphatic carbocycles. The maximum Gasteiger partial charge on any atom is 0.0729 e. The molecule has 0 unspecified atom stereocenters. The molecule has 3 rings (SSSR count). The number of rotatable bonds is 4. The molecule has 0 saturated carbocycles. The van der Waals surface area contributed by atoms with E-state index in [1.807, 2.05) is 28.7 Å². The SMILES string of the molecule is c1ccc(Cn2cc(NC3CSC3)cn2)cc1. The molecular formula is C13H15N3S. The quantitative estimate of drug-likeness (QED) is 0.897. The van der Waals surface area contributed by atoms with Crippen LogP contribution >= 0.6 is 11.8 Å². The van der Waals surface area contributed by atoms with Gasteiger partial charge in [0, 0.05) is 23.7 Å². The van der Waals surface area contributed by atoms with Gasteiger partial charge in [-0.3, -0.25) is 4.68 Å². The Bertz CT molecular complexity index is 476. The first kappa shape index (κ1) is 10.7. The highest BCUT2D eigenvalue weighted by atomic mass is 32.2. The Hall–Kier alpha value is -1.42. The van der Waals surface area contributed by atoms with E-state index < -0.39 is 0 Å². The fourth-order valence-corrected chi connectivity index (χ4v) is 2.49. The Morgan fingerprint density at radius 2 is 2.12 bits per heavy atom. The first-order chi connectivity index (χ1) is 8.40. The molecule has 1 aliphatic rings. The van der Waals surface area contributed by atoms with Gasteiger partial charge >= 0.3 is 0 Å². The Balaban J connectivity index is 1.64. The van der Waals surface area contributed by atoms with Crippen LogP contribution in [-0.2, 0) is 6.54 Å². The minimum atomic E-state index is 0.634. The molecule has 1 aliphatic heterocycles. The zero-order valence-electron chi connectivity index (χ0n) is 9.54. The molecule has 1 aromatic heterocycles. The molecule has 1 aromatic carbocycles. The van der Waals surface area contributed by atoms with E-state index in [2.05, 4.69) is 40.9 Å². The van der Waals surface area contributed by atoms with Gasteiger partial charge in [-0.05, 0) is 5.56 Å². The number of nitrogens with one attached hydrogen (secondary N) is 1. The van der Waals surface area contributed by atoms with E-state index in [0.29, 0.717) is 6.04 Å². The third-order valence-corrected chi connectivity index (χ3v) is 4.11. The molecule has 4 heteroatoms. The molecule has 17 heavy (non-hydrogen) atoms. The van der Waals surface area contributed by atoms with Crippen molar-refractivity contribution in [2.24, 2.45) is 0 Å². The van der Waals surface area contributed by atoms with Gasteiger partial charge in [-0.2, -0.15) is 16.9 Å². The standard InChI is InChI=1S/C13H15N3S/c1-2-4-11(5-3-1)7-16-8-12(6-14-16)15-13-9-17-10-13/h1-6,8,13,15H,7,9-10H2. The molecule has 0 spiro atoms. The molecule has 1 saturated heterocycles. The minimum absolute atomic E-state index is 0.634. The van der Waals surface area contributed by atoms with E-state index in [9.17, 15) is 0 Å². The van der Waals surface area contributed by atoms with Crippen LogP contribution in [0.2, 0.25) is 0 Å². The zero-order chi connectivity index (χ0) is 11.5. The Morgan fingerprint density at radius 1 is 1.29 bits per heavy atom. The second kappa shape index (κ2) is 4.84. The number of hydrogen-bond donors (Lipinski definition) is 1. The van der Waals surface area contributed by atoms with Gasteiger partial charge in [-0.25, -0.2) is 0 Å². The van der Waals surface area contributed by atoms with Crippen LogP contribution in [-0.4, -0.2) is 27.3 Å². The average molecular weight is 245 g/mol. The summed E-state index contributed by atoms with van der Waals surface area (Å²) in [5, 5.41) is 7.85. The molecule has 0 radical (unpaired) electrons. The van der Waals surface area contributed by atoms with Crippen LogP contribution in [0.25, 0.3) is 0 Å². The van der Waals surface area contributed by atoms with Crippen molar-refractivity contribution in [3.05, 3.63) is 48.3 Å². The lowest BCUT2D eigenvalue weighted by atomic mass is 10.2. The highest BCUT2D eigenvalue weighted by Crippen LogP contribution is 2.21. The largest absolute Gasteiger partial charge is 0.378 e. The van der Waals surface area contributed by atoms with E-state index in [4.69, 9.17) is 0 Å². The van der Waals surface area contributed by atoms with Gasteiger partial charge in [0.25, 0.3) is 0 Å². The summed E-state index contributed by atoms with van der Waals surface area (Å²) in [5.74, 6) is 2.42. The number of benzene rings is 1. The number of nitrogens with zero attached hydrogens (tertiary/aromatic N) is 2. The second-order valence-corrected chi connectivity index (χ2v) is 5.37. The molecule has 1 N–H and O–H groups in total. The van der Waals surface area contributed by atoms with Crippen molar-refractivity contribution in [2.45, 2.75) is 12.6 Å². The van der Waals surface area contributed by atoms with E-state index in [1.54, 1.807) is 0 Å². The summed E-state index contributed by atoms with van der Waals surface area (Å²) in [5.41, 5.74) is 2.41. The predicted octanol–water partition coefficient (Wildman–Crippen LogP) is 2.46. The molecule has 0 bridgehead atoms. The van der Waals surface area contributed by atoms with Gasteiger partial charge in [0.15, 0.2) is 0 Å². The van der Waals surface area contributed by atoms with Gasteiger partial charge in [0.2, 0.25) is 0 Å². The van der Waals surface area contributed by atoms with Crippen LogP contribution in [0.1, 0.15) is 5.56 Å². The van der Waals surface area contributed by atoms with Crippen LogP contribution in [0.4, 0.5) is 5.69 Å². The zero-order valence-corrected chi connectivity index (χ0v) is 10.4. The van der Waals surface area contributed by atoms with Crippen molar-refractivity contribution in [1.82, 2.24) is 9.78 Å². The molecule has 0 atom stereocenters. The topological polar surface area (TPSA) is 29.9 Å². The molecular weight excluding hydrogens is 230 g/mol.